The van der Waals surface area contributed by atoms with Gasteiger partial charge in [-0.2, -0.15) is 0 Å². The van der Waals surface area contributed by atoms with Crippen LogP contribution in [0, 0.1) is 0 Å². The van der Waals surface area contributed by atoms with Crippen LogP contribution in [0.25, 0.3) is 5.09 Å². The summed E-state index contributed by atoms with van der Waals surface area (Å²) >= 11 is 0. The molecular formula is C33H39N2P2-. The number of rotatable bonds is 6. The van der Waals surface area contributed by atoms with Crippen LogP contribution < -0.4 is 21.2 Å². The van der Waals surface area contributed by atoms with Gasteiger partial charge in [-0.25, -0.2) is 0 Å². The lowest BCUT2D eigenvalue weighted by Crippen LogP contribution is -2.27. The first-order valence-electron chi connectivity index (χ1n) is 12.9. The highest BCUT2D eigenvalue weighted by Gasteiger charge is 2.29. The molecule has 192 valence electrons. The Morgan fingerprint density at radius 1 is 0.514 bits per heavy atom. The average molecular weight is 526 g/mol. The molecular weight excluding hydrogens is 486 g/mol. The lowest BCUT2D eigenvalue weighted by atomic mass is 10.1. The van der Waals surface area contributed by atoms with Crippen LogP contribution in [0.3, 0.4) is 0 Å². The molecule has 0 aromatic heterocycles. The number of hydrogen-bond donors (Lipinski definition) is 0. The first-order valence-corrected chi connectivity index (χ1v) is 16.5. The normalized spacial score (nSPS) is 12.7. The summed E-state index contributed by atoms with van der Waals surface area (Å²) in [6.45, 7) is 13.3. The van der Waals surface area contributed by atoms with Gasteiger partial charge in [0.25, 0.3) is 0 Å². The van der Waals surface area contributed by atoms with Crippen molar-refractivity contribution in [2.24, 2.45) is 4.74 Å². The third-order valence-corrected chi connectivity index (χ3v) is 14.7. The van der Waals surface area contributed by atoms with E-state index in [0.29, 0.717) is 0 Å². The molecule has 0 aliphatic heterocycles. The second kappa shape index (κ2) is 11.0. The van der Waals surface area contributed by atoms with Crippen molar-refractivity contribution in [2.75, 3.05) is 0 Å². The quantitative estimate of drug-likeness (QED) is 0.227. The summed E-state index contributed by atoms with van der Waals surface area (Å²) in [6, 6.07) is 43.6. The van der Waals surface area contributed by atoms with Gasteiger partial charge in [-0.15, -0.1) is 12.6 Å². The fourth-order valence-electron chi connectivity index (χ4n) is 4.66. The summed E-state index contributed by atoms with van der Waals surface area (Å²) < 4.78 is 5.77. The Kier molecular flexibility index (Phi) is 8.15. The molecule has 0 aliphatic rings. The van der Waals surface area contributed by atoms with Crippen LogP contribution in [0.4, 0.5) is 0 Å². The minimum atomic E-state index is -2.41. The van der Waals surface area contributed by atoms with Gasteiger partial charge in [0, 0.05) is 7.05 Å². The third-order valence-electron chi connectivity index (χ3n) is 5.85. The lowest BCUT2D eigenvalue weighted by Gasteiger charge is -2.51. The van der Waals surface area contributed by atoms with Crippen LogP contribution in [0.15, 0.2) is 126 Å². The summed E-state index contributed by atoms with van der Waals surface area (Å²) in [4.78, 5) is 0. The highest BCUT2D eigenvalue weighted by Crippen LogP contribution is 2.62. The fourth-order valence-corrected chi connectivity index (χ4v) is 14.6. The molecule has 0 heterocycles. The molecule has 4 aromatic carbocycles. The molecule has 0 saturated carbocycles. The van der Waals surface area contributed by atoms with E-state index in [0.717, 1.165) is 0 Å². The molecule has 0 radical (unpaired) electrons. The molecule has 4 aromatic rings. The monoisotopic (exact) mass is 525 g/mol. The molecule has 0 saturated heterocycles. The second-order valence-electron chi connectivity index (χ2n) is 11.4. The first kappa shape index (κ1) is 27.4. The molecule has 37 heavy (non-hydrogen) atoms. The van der Waals surface area contributed by atoms with E-state index in [4.69, 9.17) is 9.83 Å². The van der Waals surface area contributed by atoms with Crippen LogP contribution in [-0.4, -0.2) is 16.6 Å². The molecule has 0 unspecified atom stereocenters. The van der Waals surface area contributed by atoms with Gasteiger partial charge in [0.05, 0.1) is 5.54 Å². The Bertz CT molecular complexity index is 1310. The Morgan fingerprint density at radius 2 is 0.838 bits per heavy atom. The van der Waals surface area contributed by atoms with E-state index in [-0.39, 0.29) is 11.1 Å². The van der Waals surface area contributed by atoms with Crippen LogP contribution in [0.2, 0.25) is 0 Å². The van der Waals surface area contributed by atoms with Gasteiger partial charge < -0.3 is 5.09 Å². The summed E-state index contributed by atoms with van der Waals surface area (Å²) in [5.41, 5.74) is 2.12. The van der Waals surface area contributed by atoms with Crippen LogP contribution in [0.1, 0.15) is 41.5 Å². The Labute approximate surface area is 224 Å². The molecule has 4 rings (SSSR count). The summed E-state index contributed by atoms with van der Waals surface area (Å²) in [5, 5.41) is 10.8. The average Bonchev–Trinajstić information content (AvgIpc) is 2.88. The van der Waals surface area contributed by atoms with E-state index in [9.17, 15) is 0 Å². The highest BCUT2D eigenvalue weighted by atomic mass is 31.2. The predicted molar refractivity (Wildman–Crippen MR) is 170 cm³/mol. The van der Waals surface area contributed by atoms with Gasteiger partial charge >= 0.3 is 0 Å². The largest absolute Gasteiger partial charge is 0.623 e. The molecule has 0 amide bonds. The zero-order valence-electron chi connectivity index (χ0n) is 22.9. The van der Waals surface area contributed by atoms with Crippen molar-refractivity contribution < 1.29 is 0 Å². The van der Waals surface area contributed by atoms with Gasteiger partial charge in [0.1, 0.15) is 0 Å². The fraction of sp³-hybridized carbons (Fsp3) is 0.242. The molecule has 0 bridgehead atoms. The summed E-state index contributed by atoms with van der Waals surface area (Å²) in [6.07, 6.45) is 0. The molecule has 2 nitrogen and oxygen atoms in total. The number of benzene rings is 4. The van der Waals surface area contributed by atoms with Crippen molar-refractivity contribution in [3.63, 3.8) is 0 Å². The summed E-state index contributed by atoms with van der Waals surface area (Å²) in [7, 11) is -4.81. The Hall–Kier alpha value is -2.63. The zero-order chi connectivity index (χ0) is 26.6. The third kappa shape index (κ3) is 6.45. The highest BCUT2D eigenvalue weighted by molar-refractivity contribution is 8.09. The van der Waals surface area contributed by atoms with Crippen molar-refractivity contribution in [1.29, 1.82) is 0 Å². The smallest absolute Gasteiger partial charge is 0.0520 e. The van der Waals surface area contributed by atoms with Gasteiger partial charge in [0.15, 0.2) is 0 Å². The van der Waals surface area contributed by atoms with Crippen molar-refractivity contribution in [3.05, 3.63) is 126 Å². The van der Waals surface area contributed by atoms with Gasteiger partial charge in [0.2, 0.25) is 0 Å². The van der Waals surface area contributed by atoms with Crippen molar-refractivity contribution >= 4 is 40.8 Å². The maximum absolute atomic E-state index is 5.77. The molecule has 4 heteroatoms. The number of nitrogens with zero attached hydrogens (tertiary/aromatic N) is 2. The zero-order valence-corrected chi connectivity index (χ0v) is 24.7. The standard InChI is InChI=1S/C33H39N2P2/c1-32(2,3)34-36(28-19-11-7-12-20-28,29-21-13-8-14-22-29)27-37(35-33(4,5)6,30-23-15-9-16-24-30)31-25-17-10-18-26-31/h7-27H,1-6H3/q-1. The van der Waals surface area contributed by atoms with Crippen LogP contribution >= 0.6 is 14.1 Å². The van der Waals surface area contributed by atoms with E-state index in [1.807, 2.05) is 0 Å². The van der Waals surface area contributed by atoms with Crippen molar-refractivity contribution in [1.82, 2.24) is 0 Å². The maximum atomic E-state index is 5.77. The SMILES string of the molecule is CC(C)(C)N=P(C=P([N-]C(C)(C)C)(c1ccccc1)c1ccccc1)(c1ccccc1)c1ccccc1. The van der Waals surface area contributed by atoms with Gasteiger partial charge in [-0.1, -0.05) is 142 Å². The second-order valence-corrected chi connectivity index (χ2v) is 17.5. The molecule has 0 fully saturated rings. The van der Waals surface area contributed by atoms with Gasteiger partial charge in [-0.05, 0) is 47.5 Å². The Balaban J connectivity index is 2.30. The van der Waals surface area contributed by atoms with E-state index in [1.54, 1.807) is 0 Å². The van der Waals surface area contributed by atoms with E-state index in [2.05, 4.69) is 168 Å². The maximum Gasteiger partial charge on any atom is 0.0520 e. The van der Waals surface area contributed by atoms with Gasteiger partial charge in [-0.3, -0.25) is 4.74 Å². The van der Waals surface area contributed by atoms with Crippen LogP contribution in [0.5, 0.6) is 0 Å². The topological polar surface area (TPSA) is 26.5 Å². The molecule has 0 aliphatic carbocycles. The minimum Gasteiger partial charge on any atom is -0.623 e. The molecule has 0 spiro atoms. The van der Waals surface area contributed by atoms with E-state index >= 15 is 0 Å². The summed E-state index contributed by atoms with van der Waals surface area (Å²) in [5.74, 6) is 0. The first-order chi connectivity index (χ1) is 17.5. The minimum absolute atomic E-state index is 0.249. The number of hydrogen-bond acceptors (Lipinski definition) is 1. The predicted octanol–water partition coefficient (Wildman–Crippen LogP) is 8.15. The van der Waals surface area contributed by atoms with E-state index in [1.165, 1.54) is 21.2 Å². The van der Waals surface area contributed by atoms with Crippen molar-refractivity contribution in [2.45, 2.75) is 52.6 Å². The Morgan fingerprint density at radius 3 is 1.14 bits per heavy atom. The van der Waals surface area contributed by atoms with Crippen LogP contribution in [-0.2, 0) is 0 Å². The lowest BCUT2D eigenvalue weighted by molar-refractivity contribution is 0.592. The molecule has 0 N–H and O–H groups in total. The van der Waals surface area contributed by atoms with Crippen molar-refractivity contribution in [3.8, 4) is 0 Å². The molecule has 0 atom stereocenters. The van der Waals surface area contributed by atoms with E-state index < -0.39 is 14.1 Å².